The van der Waals surface area contributed by atoms with Crippen molar-refractivity contribution in [3.63, 3.8) is 0 Å². The normalized spacial score (nSPS) is 11.5. The Morgan fingerprint density at radius 2 is 1.82 bits per heavy atom. The van der Waals surface area contributed by atoms with Crippen LogP contribution < -0.4 is 21.9 Å². The summed E-state index contributed by atoms with van der Waals surface area (Å²) in [4.78, 5) is 23.0. The average Bonchev–Trinajstić information content (AvgIpc) is 2.37. The first-order valence-electron chi connectivity index (χ1n) is 5.17. The molecular weight excluding hydrogens is 220 g/mol. The molecule has 0 aliphatic carbocycles. The Labute approximate surface area is 99.5 Å². The van der Waals surface area contributed by atoms with Crippen molar-refractivity contribution in [2.75, 3.05) is 12.5 Å². The van der Waals surface area contributed by atoms with Crippen molar-refractivity contribution in [3.8, 4) is 0 Å². The second-order valence-corrected chi connectivity index (χ2v) is 3.53. The van der Waals surface area contributed by atoms with Crippen LogP contribution in [0.3, 0.4) is 0 Å². The molecule has 0 aliphatic heterocycles. The largest absolute Gasteiger partial charge is 0.357 e. The molecule has 0 spiro atoms. The van der Waals surface area contributed by atoms with Crippen molar-refractivity contribution >= 4 is 17.5 Å². The smallest absolute Gasteiger partial charge is 0.251 e. The number of carbonyl (C=O) groups is 2. The zero-order chi connectivity index (χ0) is 12.8. The number of anilines is 1. The summed E-state index contributed by atoms with van der Waals surface area (Å²) < 4.78 is 0. The topological polar surface area (TPSA) is 96.2 Å². The van der Waals surface area contributed by atoms with Crippen molar-refractivity contribution in [1.29, 1.82) is 0 Å². The Morgan fingerprint density at radius 3 is 2.29 bits per heavy atom. The van der Waals surface area contributed by atoms with E-state index in [0.717, 1.165) is 0 Å². The zero-order valence-electron chi connectivity index (χ0n) is 9.78. The van der Waals surface area contributed by atoms with Gasteiger partial charge in [0.2, 0.25) is 5.91 Å². The monoisotopic (exact) mass is 236 g/mol. The molecule has 1 rings (SSSR count). The minimum Gasteiger partial charge on any atom is -0.357 e. The number of hydrogen-bond acceptors (Lipinski definition) is 4. The van der Waals surface area contributed by atoms with Gasteiger partial charge in [0, 0.05) is 18.3 Å². The number of benzene rings is 1. The fourth-order valence-electron chi connectivity index (χ4n) is 1.28. The fourth-order valence-corrected chi connectivity index (χ4v) is 1.28. The Morgan fingerprint density at radius 1 is 1.24 bits per heavy atom. The van der Waals surface area contributed by atoms with E-state index in [2.05, 4.69) is 16.1 Å². The van der Waals surface area contributed by atoms with Crippen LogP contribution in [0.15, 0.2) is 24.3 Å². The standard InChI is InChI=1S/C11H16N4O2/c1-7(10(16)13-2)14-11(17)8-3-5-9(15-12)6-4-8/h3-7,15H,12H2,1-2H3,(H,13,16)(H,14,17). The van der Waals surface area contributed by atoms with E-state index in [0.29, 0.717) is 11.3 Å². The van der Waals surface area contributed by atoms with Crippen LogP contribution in [0.2, 0.25) is 0 Å². The van der Waals surface area contributed by atoms with Gasteiger partial charge >= 0.3 is 0 Å². The summed E-state index contributed by atoms with van der Waals surface area (Å²) in [6, 6.07) is 6.04. The van der Waals surface area contributed by atoms with Crippen molar-refractivity contribution in [2.24, 2.45) is 5.84 Å². The van der Waals surface area contributed by atoms with Crippen molar-refractivity contribution in [3.05, 3.63) is 29.8 Å². The van der Waals surface area contributed by atoms with Gasteiger partial charge in [-0.25, -0.2) is 0 Å². The van der Waals surface area contributed by atoms with Crippen molar-refractivity contribution < 1.29 is 9.59 Å². The number of hydrazine groups is 1. The van der Waals surface area contributed by atoms with E-state index in [1.807, 2.05) is 0 Å². The third-order valence-corrected chi connectivity index (χ3v) is 2.30. The lowest BCUT2D eigenvalue weighted by Gasteiger charge is -2.12. The molecule has 5 N–H and O–H groups in total. The summed E-state index contributed by atoms with van der Waals surface area (Å²) in [6.45, 7) is 1.62. The molecule has 1 unspecified atom stereocenters. The van der Waals surface area contributed by atoms with E-state index in [1.165, 1.54) is 7.05 Å². The Kier molecular flexibility index (Phi) is 4.47. The van der Waals surface area contributed by atoms with Gasteiger partial charge < -0.3 is 16.1 Å². The van der Waals surface area contributed by atoms with Crippen LogP contribution >= 0.6 is 0 Å². The van der Waals surface area contributed by atoms with Crippen LogP contribution in [0.25, 0.3) is 0 Å². The molecule has 0 heterocycles. The first-order chi connectivity index (χ1) is 8.08. The van der Waals surface area contributed by atoms with Crippen LogP contribution in [0, 0.1) is 0 Å². The molecule has 0 fully saturated rings. The van der Waals surface area contributed by atoms with Crippen LogP contribution in [0.1, 0.15) is 17.3 Å². The molecule has 0 saturated carbocycles. The highest BCUT2D eigenvalue weighted by atomic mass is 16.2. The number of carbonyl (C=O) groups excluding carboxylic acids is 2. The number of rotatable bonds is 4. The number of likely N-dealkylation sites (N-methyl/N-ethyl adjacent to an activating group) is 1. The van der Waals surface area contributed by atoms with Gasteiger partial charge in [-0.2, -0.15) is 0 Å². The molecule has 1 aromatic rings. The molecule has 2 amide bonds. The van der Waals surface area contributed by atoms with E-state index in [-0.39, 0.29) is 11.8 Å². The maximum Gasteiger partial charge on any atom is 0.251 e. The second-order valence-electron chi connectivity index (χ2n) is 3.53. The van der Waals surface area contributed by atoms with Gasteiger partial charge in [0.1, 0.15) is 6.04 Å². The van der Waals surface area contributed by atoms with Gasteiger partial charge in [-0.15, -0.1) is 0 Å². The minimum absolute atomic E-state index is 0.237. The van der Waals surface area contributed by atoms with E-state index in [1.54, 1.807) is 31.2 Å². The number of hydrogen-bond donors (Lipinski definition) is 4. The Hall–Kier alpha value is -2.08. The average molecular weight is 236 g/mol. The lowest BCUT2D eigenvalue weighted by atomic mass is 10.2. The van der Waals surface area contributed by atoms with Crippen molar-refractivity contribution in [1.82, 2.24) is 10.6 Å². The molecule has 1 atom stereocenters. The molecule has 0 aliphatic rings. The summed E-state index contributed by atoms with van der Waals surface area (Å²) in [5.41, 5.74) is 3.65. The van der Waals surface area contributed by atoms with Gasteiger partial charge in [-0.1, -0.05) is 0 Å². The number of nitrogens with one attached hydrogen (secondary N) is 3. The van der Waals surface area contributed by atoms with Gasteiger partial charge in [-0.05, 0) is 31.2 Å². The van der Waals surface area contributed by atoms with E-state index in [9.17, 15) is 9.59 Å². The SMILES string of the molecule is CNC(=O)C(C)NC(=O)c1ccc(NN)cc1. The van der Waals surface area contributed by atoms with Gasteiger partial charge in [0.05, 0.1) is 0 Å². The quantitative estimate of drug-likeness (QED) is 0.431. The maximum absolute atomic E-state index is 11.7. The molecule has 6 heteroatoms. The molecule has 0 aromatic heterocycles. The van der Waals surface area contributed by atoms with Crippen molar-refractivity contribution in [2.45, 2.75) is 13.0 Å². The molecule has 0 radical (unpaired) electrons. The molecule has 92 valence electrons. The highest BCUT2D eigenvalue weighted by Gasteiger charge is 2.14. The summed E-state index contributed by atoms with van der Waals surface area (Å²) in [6.07, 6.45) is 0. The van der Waals surface area contributed by atoms with Crippen LogP contribution in [0.4, 0.5) is 5.69 Å². The van der Waals surface area contributed by atoms with Crippen LogP contribution in [-0.4, -0.2) is 24.9 Å². The summed E-state index contributed by atoms with van der Waals surface area (Å²) in [7, 11) is 1.52. The predicted octanol–water partition coefficient (Wildman–Crippen LogP) is -0.163. The predicted molar refractivity (Wildman–Crippen MR) is 65.2 cm³/mol. The highest BCUT2D eigenvalue weighted by Crippen LogP contribution is 2.07. The maximum atomic E-state index is 11.7. The van der Waals surface area contributed by atoms with E-state index < -0.39 is 6.04 Å². The molecule has 1 aromatic carbocycles. The van der Waals surface area contributed by atoms with Gasteiger partial charge in [0.25, 0.3) is 5.91 Å². The third kappa shape index (κ3) is 3.46. The fraction of sp³-hybridized carbons (Fsp3) is 0.273. The lowest BCUT2D eigenvalue weighted by molar-refractivity contribution is -0.122. The van der Waals surface area contributed by atoms with E-state index >= 15 is 0 Å². The Bertz CT molecular complexity index is 402. The minimum atomic E-state index is -0.570. The summed E-state index contributed by atoms with van der Waals surface area (Å²) in [5, 5.41) is 5.04. The molecular formula is C11H16N4O2. The summed E-state index contributed by atoms with van der Waals surface area (Å²) in [5.74, 6) is 4.67. The second kappa shape index (κ2) is 5.86. The van der Waals surface area contributed by atoms with E-state index in [4.69, 9.17) is 5.84 Å². The van der Waals surface area contributed by atoms with Crippen LogP contribution in [0.5, 0.6) is 0 Å². The molecule has 17 heavy (non-hydrogen) atoms. The van der Waals surface area contributed by atoms with Crippen LogP contribution in [-0.2, 0) is 4.79 Å². The number of nitrogen functional groups attached to an aromatic ring is 1. The molecule has 6 nitrogen and oxygen atoms in total. The Balaban J connectivity index is 2.66. The first-order valence-corrected chi connectivity index (χ1v) is 5.17. The highest BCUT2D eigenvalue weighted by molar-refractivity contribution is 5.97. The lowest BCUT2D eigenvalue weighted by Crippen LogP contribution is -2.43. The third-order valence-electron chi connectivity index (χ3n) is 2.30. The molecule has 0 saturated heterocycles. The van der Waals surface area contributed by atoms with Gasteiger partial charge in [-0.3, -0.25) is 15.4 Å². The van der Waals surface area contributed by atoms with Gasteiger partial charge in [0.15, 0.2) is 0 Å². The number of amides is 2. The molecule has 0 bridgehead atoms. The number of nitrogens with two attached hydrogens (primary N) is 1. The summed E-state index contributed by atoms with van der Waals surface area (Å²) >= 11 is 0. The zero-order valence-corrected chi connectivity index (χ0v) is 9.78. The first kappa shape index (κ1) is 13.0.